The lowest BCUT2D eigenvalue weighted by atomic mass is 10.0. The Morgan fingerprint density at radius 1 is 1.36 bits per heavy atom. The van der Waals surface area contributed by atoms with Crippen LogP contribution in [0.3, 0.4) is 0 Å². The fraction of sp³-hybridized carbons (Fsp3) is 0.529. The van der Waals surface area contributed by atoms with Crippen LogP contribution >= 0.6 is 0 Å². The van der Waals surface area contributed by atoms with Crippen molar-refractivity contribution >= 4 is 0 Å². The minimum absolute atomic E-state index is 0.427. The average molecular weight is 300 g/mol. The zero-order valence-electron chi connectivity index (χ0n) is 13.3. The van der Waals surface area contributed by atoms with Gasteiger partial charge in [-0.3, -0.25) is 14.6 Å². The van der Waals surface area contributed by atoms with Crippen molar-refractivity contribution in [3.63, 3.8) is 0 Å². The SMILES string of the molecule is Cc1cncc(CN2CCC[C@H]2C[C@@H](O)c2cnn(C)c2)c1. The van der Waals surface area contributed by atoms with Crippen LogP contribution in [0.15, 0.2) is 30.9 Å². The van der Waals surface area contributed by atoms with E-state index in [1.165, 1.54) is 17.5 Å². The number of likely N-dealkylation sites (tertiary alicyclic amines) is 1. The third-order valence-electron chi connectivity index (χ3n) is 4.42. The summed E-state index contributed by atoms with van der Waals surface area (Å²) < 4.78 is 1.74. The molecule has 2 aromatic heterocycles. The van der Waals surface area contributed by atoms with E-state index in [1.54, 1.807) is 10.9 Å². The molecule has 22 heavy (non-hydrogen) atoms. The molecule has 118 valence electrons. The van der Waals surface area contributed by atoms with Crippen molar-refractivity contribution in [3.05, 3.63) is 47.5 Å². The first-order chi connectivity index (χ1) is 10.6. The molecule has 3 heterocycles. The highest BCUT2D eigenvalue weighted by Gasteiger charge is 2.27. The molecular weight excluding hydrogens is 276 g/mol. The average Bonchev–Trinajstić information content (AvgIpc) is 3.09. The third kappa shape index (κ3) is 3.54. The van der Waals surface area contributed by atoms with Gasteiger partial charge in [0.1, 0.15) is 0 Å². The Hall–Kier alpha value is -1.72. The number of rotatable bonds is 5. The number of aryl methyl sites for hydroxylation is 2. The maximum Gasteiger partial charge on any atom is 0.0835 e. The van der Waals surface area contributed by atoms with E-state index in [9.17, 15) is 5.11 Å². The van der Waals surface area contributed by atoms with Crippen LogP contribution in [0.4, 0.5) is 0 Å². The highest BCUT2D eigenvalue weighted by molar-refractivity contribution is 5.17. The van der Waals surface area contributed by atoms with Crippen LogP contribution < -0.4 is 0 Å². The predicted octanol–water partition coefficient (Wildman–Crippen LogP) is 2.21. The van der Waals surface area contributed by atoms with E-state index in [1.807, 2.05) is 25.6 Å². The Morgan fingerprint density at radius 2 is 2.23 bits per heavy atom. The molecule has 0 bridgehead atoms. The van der Waals surface area contributed by atoms with Crippen molar-refractivity contribution < 1.29 is 5.11 Å². The maximum absolute atomic E-state index is 10.4. The molecule has 1 saturated heterocycles. The first-order valence-corrected chi connectivity index (χ1v) is 7.93. The molecule has 0 unspecified atom stereocenters. The van der Waals surface area contributed by atoms with Gasteiger partial charge in [0.25, 0.3) is 0 Å². The monoisotopic (exact) mass is 300 g/mol. The normalized spacial score (nSPS) is 20.4. The zero-order valence-corrected chi connectivity index (χ0v) is 13.3. The van der Waals surface area contributed by atoms with Crippen LogP contribution in [0.1, 0.15) is 42.1 Å². The predicted molar refractivity (Wildman–Crippen MR) is 85.2 cm³/mol. The molecule has 2 aromatic rings. The van der Waals surface area contributed by atoms with Crippen molar-refractivity contribution in [1.29, 1.82) is 0 Å². The second-order valence-corrected chi connectivity index (χ2v) is 6.34. The van der Waals surface area contributed by atoms with E-state index >= 15 is 0 Å². The molecule has 1 aliphatic heterocycles. The van der Waals surface area contributed by atoms with Gasteiger partial charge in [-0.25, -0.2) is 0 Å². The van der Waals surface area contributed by atoms with Gasteiger partial charge in [-0.1, -0.05) is 6.07 Å². The first kappa shape index (κ1) is 15.2. The lowest BCUT2D eigenvalue weighted by molar-refractivity contribution is 0.118. The molecule has 2 atom stereocenters. The molecule has 0 spiro atoms. The number of hydrogen-bond acceptors (Lipinski definition) is 4. The van der Waals surface area contributed by atoms with Crippen molar-refractivity contribution in [1.82, 2.24) is 19.7 Å². The molecule has 1 N–H and O–H groups in total. The van der Waals surface area contributed by atoms with E-state index < -0.39 is 6.10 Å². The van der Waals surface area contributed by atoms with Crippen LogP contribution in [-0.2, 0) is 13.6 Å². The zero-order chi connectivity index (χ0) is 15.5. The molecule has 5 nitrogen and oxygen atoms in total. The van der Waals surface area contributed by atoms with Crippen LogP contribution in [0, 0.1) is 6.92 Å². The molecule has 0 aliphatic carbocycles. The summed E-state index contributed by atoms with van der Waals surface area (Å²) >= 11 is 0. The fourth-order valence-corrected chi connectivity index (χ4v) is 3.31. The highest BCUT2D eigenvalue weighted by atomic mass is 16.3. The van der Waals surface area contributed by atoms with Gasteiger partial charge in [0, 0.05) is 43.8 Å². The van der Waals surface area contributed by atoms with Crippen LogP contribution in [-0.4, -0.2) is 37.4 Å². The summed E-state index contributed by atoms with van der Waals surface area (Å²) in [5, 5.41) is 14.6. The second kappa shape index (κ2) is 6.58. The highest BCUT2D eigenvalue weighted by Crippen LogP contribution is 2.28. The van der Waals surface area contributed by atoms with Gasteiger partial charge in [-0.15, -0.1) is 0 Å². The smallest absolute Gasteiger partial charge is 0.0835 e. The Kier molecular flexibility index (Phi) is 4.55. The molecule has 5 heteroatoms. The number of aromatic nitrogens is 3. The Bertz CT molecular complexity index is 625. The summed E-state index contributed by atoms with van der Waals surface area (Å²) in [6.07, 6.45) is 10.2. The van der Waals surface area contributed by atoms with Crippen molar-refractivity contribution in [2.24, 2.45) is 7.05 Å². The third-order valence-corrected chi connectivity index (χ3v) is 4.42. The Labute approximate surface area is 131 Å². The van der Waals surface area contributed by atoms with Gasteiger partial charge < -0.3 is 5.11 Å². The summed E-state index contributed by atoms with van der Waals surface area (Å²) in [7, 11) is 1.88. The number of pyridine rings is 1. The van der Waals surface area contributed by atoms with E-state index in [0.29, 0.717) is 6.04 Å². The Morgan fingerprint density at radius 3 is 2.95 bits per heavy atom. The Balaban J connectivity index is 1.63. The number of hydrogen-bond donors (Lipinski definition) is 1. The second-order valence-electron chi connectivity index (χ2n) is 6.34. The summed E-state index contributed by atoms with van der Waals surface area (Å²) in [5.41, 5.74) is 3.36. The summed E-state index contributed by atoms with van der Waals surface area (Å²) in [6.45, 7) is 4.08. The lowest BCUT2D eigenvalue weighted by Gasteiger charge is -2.26. The van der Waals surface area contributed by atoms with Gasteiger partial charge in [0.05, 0.1) is 12.3 Å². The van der Waals surface area contributed by atoms with Crippen molar-refractivity contribution in [2.45, 2.75) is 44.9 Å². The summed E-state index contributed by atoms with van der Waals surface area (Å²) in [6, 6.07) is 2.62. The topological polar surface area (TPSA) is 54.2 Å². The van der Waals surface area contributed by atoms with E-state index in [-0.39, 0.29) is 0 Å². The first-order valence-electron chi connectivity index (χ1n) is 7.93. The van der Waals surface area contributed by atoms with Crippen LogP contribution in [0.25, 0.3) is 0 Å². The minimum atomic E-state index is -0.435. The molecule has 0 saturated carbocycles. The molecule has 0 aromatic carbocycles. The number of aliphatic hydroxyl groups is 1. The summed E-state index contributed by atoms with van der Waals surface area (Å²) in [4.78, 5) is 6.74. The van der Waals surface area contributed by atoms with Crippen LogP contribution in [0.5, 0.6) is 0 Å². The van der Waals surface area contributed by atoms with Gasteiger partial charge >= 0.3 is 0 Å². The van der Waals surface area contributed by atoms with Gasteiger partial charge in [-0.05, 0) is 43.9 Å². The standard InChI is InChI=1S/C17H24N4O/c1-13-6-14(9-18-8-13)11-21-5-3-4-16(21)7-17(22)15-10-19-20(2)12-15/h6,8-10,12,16-17,22H,3-5,7,11H2,1-2H3/t16-,17+/m0/s1. The van der Waals surface area contributed by atoms with Crippen molar-refractivity contribution in [3.8, 4) is 0 Å². The maximum atomic E-state index is 10.4. The van der Waals surface area contributed by atoms with Gasteiger partial charge in [-0.2, -0.15) is 5.10 Å². The molecule has 1 aliphatic rings. The summed E-state index contributed by atoms with van der Waals surface area (Å²) in [5.74, 6) is 0. The molecule has 1 fully saturated rings. The molecule has 0 radical (unpaired) electrons. The quantitative estimate of drug-likeness (QED) is 0.920. The van der Waals surface area contributed by atoms with Crippen molar-refractivity contribution in [2.75, 3.05) is 6.54 Å². The minimum Gasteiger partial charge on any atom is -0.388 e. The fourth-order valence-electron chi connectivity index (χ4n) is 3.31. The number of aliphatic hydroxyl groups excluding tert-OH is 1. The van der Waals surface area contributed by atoms with E-state index in [2.05, 4.69) is 28.0 Å². The van der Waals surface area contributed by atoms with E-state index in [4.69, 9.17) is 0 Å². The van der Waals surface area contributed by atoms with Gasteiger partial charge in [0.15, 0.2) is 0 Å². The molecular formula is C17H24N4O. The van der Waals surface area contributed by atoms with E-state index in [0.717, 1.165) is 31.5 Å². The largest absolute Gasteiger partial charge is 0.388 e. The van der Waals surface area contributed by atoms with Gasteiger partial charge in [0.2, 0.25) is 0 Å². The molecule has 3 rings (SSSR count). The molecule has 0 amide bonds. The lowest BCUT2D eigenvalue weighted by Crippen LogP contribution is -2.30. The number of nitrogens with zero attached hydrogens (tertiary/aromatic N) is 4. The van der Waals surface area contributed by atoms with Crippen LogP contribution in [0.2, 0.25) is 0 Å².